The summed E-state index contributed by atoms with van der Waals surface area (Å²) in [4.78, 5) is 0. The minimum Gasteiger partial charge on any atom is -0.397 e. The summed E-state index contributed by atoms with van der Waals surface area (Å²) >= 11 is 0. The van der Waals surface area contributed by atoms with Gasteiger partial charge in [-0.25, -0.2) is 0 Å². The van der Waals surface area contributed by atoms with Gasteiger partial charge in [-0.3, -0.25) is 0 Å². The highest BCUT2D eigenvalue weighted by Gasteiger charge is 2.30. The average molecular weight is 160 g/mol. The van der Waals surface area contributed by atoms with Crippen LogP contribution in [0.2, 0.25) is 12.1 Å². The molecule has 0 aliphatic rings. The van der Waals surface area contributed by atoms with Gasteiger partial charge in [-0.05, 0) is 6.04 Å². The summed E-state index contributed by atoms with van der Waals surface area (Å²) in [5.74, 6) is 0. The molecule has 0 fully saturated rings. The molecular weight excluding hydrogens is 144 g/mol. The minimum atomic E-state index is -1.84. The molecule has 0 amide bonds. The van der Waals surface area contributed by atoms with Crippen LogP contribution in [0, 0.1) is 0 Å². The number of rotatable bonds is 5. The molecule has 0 spiro atoms. The molecule has 0 bridgehead atoms. The van der Waals surface area contributed by atoms with E-state index in [0.29, 0.717) is 0 Å². The Kier molecular flexibility index (Phi) is 4.60. The third-order valence-electron chi connectivity index (χ3n) is 1.74. The van der Waals surface area contributed by atoms with E-state index in [-0.39, 0.29) is 0 Å². The topological polar surface area (TPSA) is 18.5 Å². The van der Waals surface area contributed by atoms with Crippen molar-refractivity contribution in [2.24, 2.45) is 0 Å². The molecule has 0 unspecified atom stereocenters. The SMILES string of the molecule is C=CC[Si](CC)(OC)OC. The van der Waals surface area contributed by atoms with Gasteiger partial charge in [-0.2, -0.15) is 0 Å². The fourth-order valence-electron chi connectivity index (χ4n) is 0.903. The Labute approximate surface area is 64.1 Å². The van der Waals surface area contributed by atoms with E-state index in [1.807, 2.05) is 6.08 Å². The third-order valence-corrected chi connectivity index (χ3v) is 5.21. The normalized spacial score (nSPS) is 11.5. The second-order valence-electron chi connectivity index (χ2n) is 2.17. The maximum atomic E-state index is 5.32. The van der Waals surface area contributed by atoms with E-state index in [9.17, 15) is 0 Å². The van der Waals surface area contributed by atoms with Gasteiger partial charge in [0.1, 0.15) is 0 Å². The Morgan fingerprint density at radius 3 is 2.00 bits per heavy atom. The van der Waals surface area contributed by atoms with Crippen molar-refractivity contribution in [2.45, 2.75) is 19.0 Å². The maximum Gasteiger partial charge on any atom is 0.341 e. The van der Waals surface area contributed by atoms with Crippen LogP contribution in [0.3, 0.4) is 0 Å². The van der Waals surface area contributed by atoms with Crippen molar-refractivity contribution in [1.29, 1.82) is 0 Å². The lowest BCUT2D eigenvalue weighted by atomic mass is 10.8. The fourth-order valence-corrected chi connectivity index (χ4v) is 2.71. The Balaban J connectivity index is 4.00. The molecule has 0 N–H and O–H groups in total. The van der Waals surface area contributed by atoms with E-state index in [2.05, 4.69) is 13.5 Å². The van der Waals surface area contributed by atoms with Gasteiger partial charge in [0.25, 0.3) is 0 Å². The zero-order chi connectivity index (χ0) is 8.04. The first-order valence-electron chi connectivity index (χ1n) is 3.46. The Bertz CT molecular complexity index is 91.5. The summed E-state index contributed by atoms with van der Waals surface area (Å²) in [5.41, 5.74) is 0. The van der Waals surface area contributed by atoms with Gasteiger partial charge in [-0.15, -0.1) is 6.58 Å². The molecule has 10 heavy (non-hydrogen) atoms. The van der Waals surface area contributed by atoms with E-state index >= 15 is 0 Å². The number of hydrogen-bond donors (Lipinski definition) is 0. The summed E-state index contributed by atoms with van der Waals surface area (Å²) in [6.07, 6.45) is 1.86. The van der Waals surface area contributed by atoms with Crippen LogP contribution < -0.4 is 0 Å². The molecule has 3 heteroatoms. The highest BCUT2D eigenvalue weighted by molar-refractivity contribution is 6.67. The zero-order valence-corrected chi connectivity index (χ0v) is 8.02. The standard InChI is InChI=1S/C7H16O2Si/c1-5-7-10(6-2,8-3)9-4/h5H,1,6-7H2,2-4H3. The van der Waals surface area contributed by atoms with Crippen LogP contribution in [0.1, 0.15) is 6.92 Å². The highest BCUT2D eigenvalue weighted by atomic mass is 28.4. The van der Waals surface area contributed by atoms with Crippen molar-refractivity contribution < 1.29 is 8.85 Å². The van der Waals surface area contributed by atoms with Crippen molar-refractivity contribution in [3.63, 3.8) is 0 Å². The summed E-state index contributed by atoms with van der Waals surface area (Å²) < 4.78 is 10.6. The van der Waals surface area contributed by atoms with E-state index < -0.39 is 8.56 Å². The van der Waals surface area contributed by atoms with Crippen LogP contribution in [0.25, 0.3) is 0 Å². The third kappa shape index (κ3) is 2.25. The molecule has 0 aromatic carbocycles. The zero-order valence-electron chi connectivity index (χ0n) is 7.02. The van der Waals surface area contributed by atoms with E-state index in [0.717, 1.165) is 12.1 Å². The Morgan fingerprint density at radius 2 is 1.90 bits per heavy atom. The lowest BCUT2D eigenvalue weighted by Gasteiger charge is -2.24. The van der Waals surface area contributed by atoms with E-state index in [1.54, 1.807) is 14.2 Å². The van der Waals surface area contributed by atoms with Gasteiger partial charge >= 0.3 is 8.56 Å². The summed E-state index contributed by atoms with van der Waals surface area (Å²) in [6.45, 7) is 5.75. The molecule has 0 aromatic heterocycles. The van der Waals surface area contributed by atoms with Crippen molar-refractivity contribution in [1.82, 2.24) is 0 Å². The molecule has 0 saturated carbocycles. The quantitative estimate of drug-likeness (QED) is 0.452. The molecule has 2 nitrogen and oxygen atoms in total. The molecule has 0 radical (unpaired) electrons. The molecule has 0 heterocycles. The number of allylic oxidation sites excluding steroid dienone is 1. The van der Waals surface area contributed by atoms with Crippen LogP contribution in [0.5, 0.6) is 0 Å². The molecule has 0 aromatic rings. The predicted molar refractivity (Wildman–Crippen MR) is 45.3 cm³/mol. The molecular formula is C7H16O2Si. The van der Waals surface area contributed by atoms with Gasteiger partial charge in [-0.1, -0.05) is 13.0 Å². The van der Waals surface area contributed by atoms with E-state index in [1.165, 1.54) is 0 Å². The van der Waals surface area contributed by atoms with Gasteiger partial charge in [0.15, 0.2) is 0 Å². The number of hydrogen-bond acceptors (Lipinski definition) is 2. The maximum absolute atomic E-state index is 5.32. The molecule has 0 saturated heterocycles. The van der Waals surface area contributed by atoms with Crippen LogP contribution >= 0.6 is 0 Å². The van der Waals surface area contributed by atoms with Gasteiger partial charge in [0.2, 0.25) is 0 Å². The minimum absolute atomic E-state index is 0.872. The van der Waals surface area contributed by atoms with Crippen molar-refractivity contribution in [3.05, 3.63) is 12.7 Å². The van der Waals surface area contributed by atoms with Crippen molar-refractivity contribution in [3.8, 4) is 0 Å². The van der Waals surface area contributed by atoms with Gasteiger partial charge < -0.3 is 8.85 Å². The lowest BCUT2D eigenvalue weighted by molar-refractivity contribution is 0.246. The van der Waals surface area contributed by atoms with Crippen LogP contribution in [-0.4, -0.2) is 22.8 Å². The predicted octanol–water partition coefficient (Wildman–Crippen LogP) is 1.93. The van der Waals surface area contributed by atoms with Crippen LogP contribution in [0.15, 0.2) is 12.7 Å². The largest absolute Gasteiger partial charge is 0.397 e. The first-order valence-corrected chi connectivity index (χ1v) is 5.69. The van der Waals surface area contributed by atoms with Gasteiger partial charge in [0, 0.05) is 20.3 Å². The molecule has 0 atom stereocenters. The monoisotopic (exact) mass is 160 g/mol. The average Bonchev–Trinajstić information content (AvgIpc) is 2.01. The Morgan fingerprint density at radius 1 is 1.40 bits per heavy atom. The molecule has 0 aliphatic heterocycles. The van der Waals surface area contributed by atoms with E-state index in [4.69, 9.17) is 8.85 Å². The summed E-state index contributed by atoms with van der Waals surface area (Å²) in [5, 5.41) is 0. The molecule has 60 valence electrons. The first kappa shape index (κ1) is 9.88. The highest BCUT2D eigenvalue weighted by Crippen LogP contribution is 2.16. The lowest BCUT2D eigenvalue weighted by Crippen LogP contribution is -2.38. The fraction of sp³-hybridized carbons (Fsp3) is 0.714. The second kappa shape index (κ2) is 4.66. The second-order valence-corrected chi connectivity index (χ2v) is 5.92. The van der Waals surface area contributed by atoms with Crippen molar-refractivity contribution in [2.75, 3.05) is 14.2 Å². The smallest absolute Gasteiger partial charge is 0.341 e. The molecule has 0 rings (SSSR count). The molecule has 0 aliphatic carbocycles. The summed E-state index contributed by atoms with van der Waals surface area (Å²) in [6, 6.07) is 1.85. The Hall–Kier alpha value is -0.123. The summed E-state index contributed by atoms with van der Waals surface area (Å²) in [7, 11) is 1.59. The van der Waals surface area contributed by atoms with Gasteiger partial charge in [0.05, 0.1) is 0 Å². The van der Waals surface area contributed by atoms with Crippen LogP contribution in [0.4, 0.5) is 0 Å². The van der Waals surface area contributed by atoms with Crippen molar-refractivity contribution >= 4 is 8.56 Å². The van der Waals surface area contributed by atoms with Crippen LogP contribution in [-0.2, 0) is 8.85 Å². The first-order chi connectivity index (χ1) is 4.74.